The fourth-order valence-corrected chi connectivity index (χ4v) is 2.24. The smallest absolute Gasteiger partial charge is 0.310 e. The summed E-state index contributed by atoms with van der Waals surface area (Å²) in [6, 6.07) is 9.99. The zero-order valence-electron chi connectivity index (χ0n) is 11.4. The minimum atomic E-state index is -0.176. The molecule has 0 amide bonds. The molecule has 0 saturated carbocycles. The molecule has 2 heteroatoms. The van der Waals surface area contributed by atoms with Crippen molar-refractivity contribution in [3.05, 3.63) is 48.6 Å². The average molecular weight is 246 g/mol. The maximum Gasteiger partial charge on any atom is 0.310 e. The molecule has 0 spiro atoms. The summed E-state index contributed by atoms with van der Waals surface area (Å²) in [6.07, 6.45) is 1.84. The van der Waals surface area contributed by atoms with Gasteiger partial charge in [0.15, 0.2) is 0 Å². The lowest BCUT2D eigenvalue weighted by Gasteiger charge is -2.26. The largest absolute Gasteiger partial charge is 0.466 e. The van der Waals surface area contributed by atoms with E-state index in [0.717, 1.165) is 5.56 Å². The molecule has 2 unspecified atom stereocenters. The van der Waals surface area contributed by atoms with Gasteiger partial charge in [0, 0.05) is 5.92 Å². The van der Waals surface area contributed by atoms with E-state index in [1.807, 2.05) is 57.2 Å². The molecule has 0 radical (unpaired) electrons. The van der Waals surface area contributed by atoms with Crippen molar-refractivity contribution in [2.24, 2.45) is 11.8 Å². The lowest BCUT2D eigenvalue weighted by atomic mass is 9.79. The fraction of sp³-hybridized carbons (Fsp3) is 0.438. The zero-order chi connectivity index (χ0) is 13.5. The van der Waals surface area contributed by atoms with E-state index >= 15 is 0 Å². The number of hydrogen-bond acceptors (Lipinski definition) is 2. The first kappa shape index (κ1) is 14.5. The lowest BCUT2D eigenvalue weighted by Crippen LogP contribution is -2.28. The van der Waals surface area contributed by atoms with Crippen LogP contribution in [0.2, 0.25) is 0 Å². The van der Waals surface area contributed by atoms with Crippen molar-refractivity contribution in [1.29, 1.82) is 0 Å². The molecule has 1 aromatic carbocycles. The van der Waals surface area contributed by atoms with Crippen LogP contribution >= 0.6 is 0 Å². The Bertz CT molecular complexity index is 381. The molecule has 2 atom stereocenters. The quantitative estimate of drug-likeness (QED) is 0.564. The van der Waals surface area contributed by atoms with Gasteiger partial charge in [-0.1, -0.05) is 50.3 Å². The summed E-state index contributed by atoms with van der Waals surface area (Å²) >= 11 is 0. The summed E-state index contributed by atoms with van der Waals surface area (Å²) in [4.78, 5) is 12.1. The Hall–Kier alpha value is -1.57. The molecule has 0 heterocycles. The predicted molar refractivity (Wildman–Crippen MR) is 74.3 cm³/mol. The molecular formula is C16H22O2. The second kappa shape index (κ2) is 7.00. The molecule has 1 aromatic rings. The first-order valence-corrected chi connectivity index (χ1v) is 6.46. The van der Waals surface area contributed by atoms with Gasteiger partial charge < -0.3 is 4.74 Å². The van der Waals surface area contributed by atoms with Crippen LogP contribution in [0.1, 0.15) is 32.3 Å². The Morgan fingerprint density at radius 3 is 2.39 bits per heavy atom. The number of ether oxygens (including phenoxy) is 1. The van der Waals surface area contributed by atoms with Crippen molar-refractivity contribution in [3.63, 3.8) is 0 Å². The molecular weight excluding hydrogens is 224 g/mol. The van der Waals surface area contributed by atoms with E-state index in [1.165, 1.54) is 0 Å². The molecule has 0 aliphatic carbocycles. The van der Waals surface area contributed by atoms with E-state index < -0.39 is 0 Å². The SMILES string of the molecule is C=CC(c1ccccc1)C(C(=O)OCC)C(C)C. The van der Waals surface area contributed by atoms with Gasteiger partial charge in [-0.25, -0.2) is 0 Å². The Balaban J connectivity index is 3.02. The highest BCUT2D eigenvalue weighted by molar-refractivity contribution is 5.74. The number of esters is 1. The fourth-order valence-electron chi connectivity index (χ4n) is 2.24. The maximum absolute atomic E-state index is 12.1. The van der Waals surface area contributed by atoms with E-state index in [9.17, 15) is 4.79 Å². The molecule has 0 aromatic heterocycles. The highest BCUT2D eigenvalue weighted by Gasteiger charge is 2.31. The molecule has 0 aliphatic heterocycles. The molecule has 98 valence electrons. The molecule has 0 aliphatic rings. The van der Waals surface area contributed by atoms with Crippen molar-refractivity contribution in [2.45, 2.75) is 26.7 Å². The van der Waals surface area contributed by atoms with Crippen LogP contribution in [0.15, 0.2) is 43.0 Å². The van der Waals surface area contributed by atoms with Crippen molar-refractivity contribution in [2.75, 3.05) is 6.61 Å². The number of benzene rings is 1. The minimum absolute atomic E-state index is 0.00486. The molecule has 0 N–H and O–H groups in total. The van der Waals surface area contributed by atoms with Crippen LogP contribution in [0.4, 0.5) is 0 Å². The van der Waals surface area contributed by atoms with E-state index in [2.05, 4.69) is 6.58 Å². The van der Waals surface area contributed by atoms with Crippen molar-refractivity contribution >= 4 is 5.97 Å². The third-order valence-electron chi connectivity index (χ3n) is 3.10. The highest BCUT2D eigenvalue weighted by atomic mass is 16.5. The Labute approximate surface area is 110 Å². The average Bonchev–Trinajstić information content (AvgIpc) is 2.36. The van der Waals surface area contributed by atoms with Gasteiger partial charge in [-0.2, -0.15) is 0 Å². The van der Waals surface area contributed by atoms with Gasteiger partial charge >= 0.3 is 5.97 Å². The van der Waals surface area contributed by atoms with Crippen molar-refractivity contribution in [3.8, 4) is 0 Å². The second-order valence-corrected chi connectivity index (χ2v) is 4.69. The number of rotatable bonds is 6. The molecule has 1 rings (SSSR count). The maximum atomic E-state index is 12.1. The van der Waals surface area contributed by atoms with Crippen LogP contribution in [0.25, 0.3) is 0 Å². The predicted octanol–water partition coefficient (Wildman–Crippen LogP) is 3.79. The minimum Gasteiger partial charge on any atom is -0.466 e. The highest BCUT2D eigenvalue weighted by Crippen LogP contribution is 2.32. The van der Waals surface area contributed by atoms with Gasteiger partial charge in [-0.05, 0) is 18.4 Å². The van der Waals surface area contributed by atoms with Crippen LogP contribution in [-0.4, -0.2) is 12.6 Å². The molecule has 18 heavy (non-hydrogen) atoms. The molecule has 0 bridgehead atoms. The first-order chi connectivity index (χ1) is 8.61. The second-order valence-electron chi connectivity index (χ2n) is 4.69. The third kappa shape index (κ3) is 3.46. The summed E-state index contributed by atoms with van der Waals surface area (Å²) in [5, 5.41) is 0. The van der Waals surface area contributed by atoms with Gasteiger partial charge in [0.05, 0.1) is 12.5 Å². The molecule has 0 saturated heterocycles. The standard InChI is InChI=1S/C16H22O2/c1-5-14(13-10-8-7-9-11-13)15(12(3)4)16(17)18-6-2/h5,7-12,14-15H,1,6H2,2-4H3. The summed E-state index contributed by atoms with van der Waals surface area (Å²) in [5.74, 6) is -0.0939. The van der Waals surface area contributed by atoms with E-state index in [0.29, 0.717) is 6.61 Å². The monoisotopic (exact) mass is 246 g/mol. The number of carbonyl (C=O) groups is 1. The normalized spacial score (nSPS) is 14.0. The lowest BCUT2D eigenvalue weighted by molar-refractivity contribution is -0.150. The van der Waals surface area contributed by atoms with Crippen LogP contribution in [-0.2, 0) is 9.53 Å². The van der Waals surface area contributed by atoms with Crippen LogP contribution in [0.5, 0.6) is 0 Å². The van der Waals surface area contributed by atoms with Gasteiger partial charge in [0.1, 0.15) is 0 Å². The summed E-state index contributed by atoms with van der Waals surface area (Å²) in [6.45, 7) is 10.2. The van der Waals surface area contributed by atoms with Crippen molar-refractivity contribution in [1.82, 2.24) is 0 Å². The van der Waals surface area contributed by atoms with Crippen LogP contribution in [0, 0.1) is 11.8 Å². The summed E-state index contributed by atoms with van der Waals surface area (Å²) < 4.78 is 5.18. The molecule has 2 nitrogen and oxygen atoms in total. The van der Waals surface area contributed by atoms with E-state index in [4.69, 9.17) is 4.74 Å². The Morgan fingerprint density at radius 2 is 1.94 bits per heavy atom. The summed E-state index contributed by atoms with van der Waals surface area (Å²) in [5.41, 5.74) is 1.11. The van der Waals surface area contributed by atoms with E-state index in [-0.39, 0.29) is 23.7 Å². The Kier molecular flexibility index (Phi) is 5.63. The number of allylic oxidation sites excluding steroid dienone is 1. The molecule has 0 fully saturated rings. The van der Waals surface area contributed by atoms with Crippen LogP contribution < -0.4 is 0 Å². The number of carbonyl (C=O) groups excluding carboxylic acids is 1. The van der Waals surface area contributed by atoms with Gasteiger partial charge in [-0.3, -0.25) is 4.79 Å². The van der Waals surface area contributed by atoms with Gasteiger partial charge in [0.2, 0.25) is 0 Å². The third-order valence-corrected chi connectivity index (χ3v) is 3.10. The van der Waals surface area contributed by atoms with Crippen LogP contribution in [0.3, 0.4) is 0 Å². The zero-order valence-corrected chi connectivity index (χ0v) is 11.4. The van der Waals surface area contributed by atoms with Gasteiger partial charge in [-0.15, -0.1) is 6.58 Å². The summed E-state index contributed by atoms with van der Waals surface area (Å²) in [7, 11) is 0. The topological polar surface area (TPSA) is 26.3 Å². The Morgan fingerprint density at radius 1 is 1.33 bits per heavy atom. The van der Waals surface area contributed by atoms with Gasteiger partial charge in [0.25, 0.3) is 0 Å². The number of hydrogen-bond donors (Lipinski definition) is 0. The first-order valence-electron chi connectivity index (χ1n) is 6.46. The van der Waals surface area contributed by atoms with E-state index in [1.54, 1.807) is 0 Å². The van der Waals surface area contributed by atoms with Crippen molar-refractivity contribution < 1.29 is 9.53 Å².